The highest BCUT2D eigenvalue weighted by molar-refractivity contribution is 7.99. The molecule has 100 valence electrons. The third-order valence-electron chi connectivity index (χ3n) is 2.34. The topological polar surface area (TPSA) is 61.5 Å². The molecule has 0 fully saturated rings. The fourth-order valence-electron chi connectivity index (χ4n) is 1.26. The number of ether oxygens (including phenoxy) is 2. The Kier molecular flexibility index (Phi) is 5.50. The Bertz CT molecular complexity index is 390. The Morgan fingerprint density at radius 3 is 2.50 bits per heavy atom. The summed E-state index contributed by atoms with van der Waals surface area (Å²) in [5, 5.41) is 0. The highest BCUT2D eigenvalue weighted by Crippen LogP contribution is 2.24. The minimum absolute atomic E-state index is 0.346. The summed E-state index contributed by atoms with van der Waals surface area (Å²) in [6, 6.07) is 7.62. The maximum Gasteiger partial charge on any atom is 0.326 e. The zero-order chi connectivity index (χ0) is 13.6. The molecular formula is C13H19NO3S. The molecule has 1 aromatic rings. The van der Waals surface area contributed by atoms with Crippen LogP contribution in [0.15, 0.2) is 29.2 Å². The van der Waals surface area contributed by atoms with Gasteiger partial charge in [0, 0.05) is 10.6 Å². The molecule has 0 bridgehead atoms. The van der Waals surface area contributed by atoms with Crippen LogP contribution in [0.1, 0.15) is 13.8 Å². The van der Waals surface area contributed by atoms with Crippen LogP contribution in [-0.4, -0.2) is 31.0 Å². The molecule has 4 nitrogen and oxygen atoms in total. The fraction of sp³-hybridized carbons (Fsp3) is 0.462. The first-order valence-electron chi connectivity index (χ1n) is 5.72. The summed E-state index contributed by atoms with van der Waals surface area (Å²) in [6.07, 6.45) is 0. The monoisotopic (exact) mass is 269 g/mol. The number of carbonyl (C=O) groups excluding carboxylic acids is 1. The molecule has 1 aromatic carbocycles. The maximum absolute atomic E-state index is 11.6. The third-order valence-corrected chi connectivity index (χ3v) is 3.69. The van der Waals surface area contributed by atoms with Crippen molar-refractivity contribution in [3.8, 4) is 5.75 Å². The van der Waals surface area contributed by atoms with E-state index in [1.807, 2.05) is 24.3 Å². The van der Waals surface area contributed by atoms with Gasteiger partial charge in [0.2, 0.25) is 0 Å². The van der Waals surface area contributed by atoms with Crippen LogP contribution in [0.4, 0.5) is 0 Å². The van der Waals surface area contributed by atoms with Crippen LogP contribution in [0, 0.1) is 0 Å². The van der Waals surface area contributed by atoms with Gasteiger partial charge in [0.1, 0.15) is 11.3 Å². The second-order valence-electron chi connectivity index (χ2n) is 4.10. The van der Waals surface area contributed by atoms with E-state index >= 15 is 0 Å². The number of carbonyl (C=O) groups is 1. The van der Waals surface area contributed by atoms with Crippen LogP contribution in [-0.2, 0) is 9.53 Å². The fourth-order valence-corrected chi connectivity index (χ4v) is 2.17. The molecular weight excluding hydrogens is 250 g/mol. The highest BCUT2D eigenvalue weighted by atomic mass is 32.2. The molecule has 0 radical (unpaired) electrons. The Morgan fingerprint density at radius 2 is 2.00 bits per heavy atom. The van der Waals surface area contributed by atoms with Crippen LogP contribution in [0.25, 0.3) is 0 Å². The van der Waals surface area contributed by atoms with E-state index in [0.29, 0.717) is 12.4 Å². The second kappa shape index (κ2) is 6.66. The Hall–Kier alpha value is -1.20. The van der Waals surface area contributed by atoms with Gasteiger partial charge in [-0.05, 0) is 38.1 Å². The van der Waals surface area contributed by atoms with Gasteiger partial charge in [0.15, 0.2) is 0 Å². The predicted octanol–water partition coefficient (Wildman–Crippen LogP) is 2.07. The molecule has 0 heterocycles. The summed E-state index contributed by atoms with van der Waals surface area (Å²) in [5.41, 5.74) is 4.96. The highest BCUT2D eigenvalue weighted by Gasteiger charge is 2.29. The minimum atomic E-state index is -0.972. The van der Waals surface area contributed by atoms with Crippen LogP contribution in [0.5, 0.6) is 5.75 Å². The summed E-state index contributed by atoms with van der Waals surface area (Å²) in [4.78, 5) is 12.6. The van der Waals surface area contributed by atoms with Crippen molar-refractivity contribution in [3.05, 3.63) is 24.3 Å². The molecule has 0 spiro atoms. The largest absolute Gasteiger partial charge is 0.497 e. The van der Waals surface area contributed by atoms with Crippen LogP contribution in [0.2, 0.25) is 0 Å². The van der Waals surface area contributed by atoms with Crippen molar-refractivity contribution >= 4 is 17.7 Å². The molecule has 1 rings (SSSR count). The van der Waals surface area contributed by atoms with Gasteiger partial charge in [0.25, 0.3) is 0 Å². The second-order valence-corrected chi connectivity index (χ2v) is 5.15. The Labute approximate surface area is 112 Å². The lowest BCUT2D eigenvalue weighted by atomic mass is 10.1. The molecule has 0 saturated carbocycles. The molecule has 5 heteroatoms. The number of hydrogen-bond donors (Lipinski definition) is 1. The van der Waals surface area contributed by atoms with Crippen molar-refractivity contribution in [3.63, 3.8) is 0 Å². The van der Waals surface area contributed by atoms with Crippen molar-refractivity contribution in [1.82, 2.24) is 0 Å². The first kappa shape index (κ1) is 14.9. The van der Waals surface area contributed by atoms with E-state index in [-0.39, 0.29) is 5.97 Å². The van der Waals surface area contributed by atoms with E-state index in [0.717, 1.165) is 10.6 Å². The lowest BCUT2D eigenvalue weighted by molar-refractivity contribution is -0.148. The zero-order valence-electron chi connectivity index (χ0n) is 10.9. The van der Waals surface area contributed by atoms with Gasteiger partial charge in [-0.1, -0.05) is 0 Å². The summed E-state index contributed by atoms with van der Waals surface area (Å²) in [5.74, 6) is 0.907. The van der Waals surface area contributed by atoms with Gasteiger partial charge in [-0.2, -0.15) is 0 Å². The lowest BCUT2D eigenvalue weighted by Gasteiger charge is -2.21. The van der Waals surface area contributed by atoms with E-state index in [9.17, 15) is 4.79 Å². The summed E-state index contributed by atoms with van der Waals surface area (Å²) >= 11 is 1.52. The average Bonchev–Trinajstić information content (AvgIpc) is 2.37. The van der Waals surface area contributed by atoms with Crippen molar-refractivity contribution in [1.29, 1.82) is 0 Å². The lowest BCUT2D eigenvalue weighted by Crippen LogP contribution is -2.48. The van der Waals surface area contributed by atoms with Gasteiger partial charge in [-0.25, -0.2) is 0 Å². The summed E-state index contributed by atoms with van der Waals surface area (Å²) in [6.45, 7) is 3.80. The summed E-state index contributed by atoms with van der Waals surface area (Å²) in [7, 11) is 1.62. The molecule has 0 saturated heterocycles. The maximum atomic E-state index is 11.6. The molecule has 18 heavy (non-hydrogen) atoms. The quantitative estimate of drug-likeness (QED) is 0.633. The molecule has 0 amide bonds. The molecule has 1 atom stereocenters. The molecule has 0 aliphatic rings. The number of hydrogen-bond acceptors (Lipinski definition) is 5. The van der Waals surface area contributed by atoms with E-state index in [4.69, 9.17) is 15.2 Å². The number of thioether (sulfide) groups is 1. The zero-order valence-corrected chi connectivity index (χ0v) is 11.8. The number of benzene rings is 1. The van der Waals surface area contributed by atoms with Crippen molar-refractivity contribution in [2.45, 2.75) is 24.3 Å². The van der Waals surface area contributed by atoms with Gasteiger partial charge in [-0.15, -0.1) is 11.8 Å². The van der Waals surface area contributed by atoms with Crippen molar-refractivity contribution in [2.24, 2.45) is 5.73 Å². The van der Waals surface area contributed by atoms with E-state index < -0.39 is 5.54 Å². The molecule has 2 N–H and O–H groups in total. The minimum Gasteiger partial charge on any atom is -0.497 e. The normalized spacial score (nSPS) is 13.8. The van der Waals surface area contributed by atoms with E-state index in [1.54, 1.807) is 21.0 Å². The van der Waals surface area contributed by atoms with Crippen LogP contribution >= 0.6 is 11.8 Å². The SMILES string of the molecule is CCOC(=O)C(C)(N)CSc1ccc(OC)cc1. The molecule has 0 aromatic heterocycles. The number of nitrogens with two attached hydrogens (primary N) is 1. The first-order valence-corrected chi connectivity index (χ1v) is 6.71. The van der Waals surface area contributed by atoms with Crippen LogP contribution in [0.3, 0.4) is 0 Å². The standard InChI is InChI=1S/C13H19NO3S/c1-4-17-12(15)13(2,14)9-18-11-7-5-10(16-3)6-8-11/h5-8H,4,9,14H2,1-3H3. The number of methoxy groups -OCH3 is 1. The van der Waals surface area contributed by atoms with Gasteiger partial charge >= 0.3 is 5.97 Å². The van der Waals surface area contributed by atoms with E-state index in [1.165, 1.54) is 11.8 Å². The van der Waals surface area contributed by atoms with Crippen molar-refractivity contribution < 1.29 is 14.3 Å². The number of esters is 1. The van der Waals surface area contributed by atoms with Gasteiger partial charge < -0.3 is 15.2 Å². The number of rotatable bonds is 6. The predicted molar refractivity (Wildman–Crippen MR) is 72.9 cm³/mol. The van der Waals surface area contributed by atoms with Crippen LogP contribution < -0.4 is 10.5 Å². The van der Waals surface area contributed by atoms with Gasteiger partial charge in [0.05, 0.1) is 13.7 Å². The molecule has 0 aliphatic carbocycles. The Balaban J connectivity index is 2.55. The first-order chi connectivity index (χ1) is 8.49. The summed E-state index contributed by atoms with van der Waals surface area (Å²) < 4.78 is 10.0. The average molecular weight is 269 g/mol. The smallest absolute Gasteiger partial charge is 0.326 e. The Morgan fingerprint density at radius 1 is 1.39 bits per heavy atom. The third kappa shape index (κ3) is 4.23. The molecule has 0 aliphatic heterocycles. The van der Waals surface area contributed by atoms with Crippen molar-refractivity contribution in [2.75, 3.05) is 19.5 Å². The van der Waals surface area contributed by atoms with E-state index in [2.05, 4.69) is 0 Å². The molecule has 1 unspecified atom stereocenters. The van der Waals surface area contributed by atoms with Gasteiger partial charge in [-0.3, -0.25) is 4.79 Å².